The molecule has 0 spiro atoms. The molecule has 142 valence electrons. The van der Waals surface area contributed by atoms with Crippen molar-refractivity contribution in [1.29, 1.82) is 0 Å². The number of likely N-dealkylation sites (tertiary alicyclic amines) is 1. The Morgan fingerprint density at radius 2 is 1.93 bits per heavy atom. The van der Waals surface area contributed by atoms with Crippen LogP contribution in [0.1, 0.15) is 46.5 Å². The predicted molar refractivity (Wildman–Crippen MR) is 101 cm³/mol. The second-order valence-electron chi connectivity index (χ2n) is 7.31. The summed E-state index contributed by atoms with van der Waals surface area (Å²) in [6, 6.07) is 5.69. The Morgan fingerprint density at radius 3 is 2.56 bits per heavy atom. The van der Waals surface area contributed by atoms with Gasteiger partial charge in [0.1, 0.15) is 17.3 Å². The van der Waals surface area contributed by atoms with Crippen LogP contribution in [0.2, 0.25) is 0 Å². The predicted octanol–water partition coefficient (Wildman–Crippen LogP) is 2.42. The van der Waals surface area contributed by atoms with Gasteiger partial charge in [0.2, 0.25) is 0 Å². The molecule has 4 heterocycles. The second kappa shape index (κ2) is 6.68. The first-order chi connectivity index (χ1) is 12.9. The lowest BCUT2D eigenvalue weighted by Gasteiger charge is -2.31. The molecule has 1 amide bonds. The topological polar surface area (TPSA) is 79.8 Å². The van der Waals surface area contributed by atoms with E-state index in [1.165, 1.54) is 0 Å². The first-order valence-corrected chi connectivity index (χ1v) is 9.20. The molecule has 0 bridgehead atoms. The Morgan fingerprint density at radius 1 is 1.19 bits per heavy atom. The second-order valence-corrected chi connectivity index (χ2v) is 7.31. The van der Waals surface area contributed by atoms with Crippen molar-refractivity contribution in [3.05, 3.63) is 41.1 Å². The van der Waals surface area contributed by atoms with Crippen LogP contribution in [0.5, 0.6) is 0 Å². The van der Waals surface area contributed by atoms with E-state index in [-0.39, 0.29) is 11.8 Å². The van der Waals surface area contributed by atoms with Crippen LogP contribution in [0.25, 0.3) is 5.65 Å². The van der Waals surface area contributed by atoms with Crippen LogP contribution in [0.4, 0.5) is 5.82 Å². The largest absolute Gasteiger partial charge is 0.466 e. The van der Waals surface area contributed by atoms with Crippen molar-refractivity contribution in [3.63, 3.8) is 0 Å². The maximum absolute atomic E-state index is 12.8. The van der Waals surface area contributed by atoms with Crippen LogP contribution in [0.15, 0.2) is 22.6 Å². The maximum Gasteiger partial charge on any atom is 0.257 e. The third-order valence-corrected chi connectivity index (χ3v) is 5.15. The molecule has 8 nitrogen and oxygen atoms in total. The fraction of sp³-hybridized carbons (Fsp3) is 0.474. The van der Waals surface area contributed by atoms with Crippen molar-refractivity contribution in [1.82, 2.24) is 24.7 Å². The quantitative estimate of drug-likeness (QED) is 0.706. The molecule has 1 saturated heterocycles. The molecule has 27 heavy (non-hydrogen) atoms. The van der Waals surface area contributed by atoms with Gasteiger partial charge in [-0.25, -0.2) is 0 Å². The van der Waals surface area contributed by atoms with Crippen LogP contribution in [0, 0.1) is 13.8 Å². The summed E-state index contributed by atoms with van der Waals surface area (Å²) in [4.78, 5) is 16.6. The van der Waals surface area contributed by atoms with Crippen LogP contribution in [-0.4, -0.2) is 57.8 Å². The molecule has 0 atom stereocenters. The van der Waals surface area contributed by atoms with E-state index in [1.807, 2.05) is 60.5 Å². The number of rotatable bonds is 3. The molecular formula is C19H24N6O2. The summed E-state index contributed by atoms with van der Waals surface area (Å²) in [5.74, 6) is 3.47. The van der Waals surface area contributed by atoms with E-state index in [1.54, 1.807) is 0 Å². The molecule has 8 heteroatoms. The molecule has 0 aromatic carbocycles. The van der Waals surface area contributed by atoms with Gasteiger partial charge in [0, 0.05) is 33.1 Å². The van der Waals surface area contributed by atoms with E-state index < -0.39 is 0 Å². The lowest BCUT2D eigenvalue weighted by molar-refractivity contribution is 0.0709. The molecule has 1 aliphatic rings. The standard InChI is InChI=1S/C19H24N6O2/c1-12-11-15(13(2)27-12)19(26)24-9-7-14(8-10-24)18-21-20-16-5-6-17(23(3)4)22-25(16)18/h5-6,11,14H,7-10H2,1-4H3. The third kappa shape index (κ3) is 3.15. The number of nitrogens with zero attached hydrogens (tertiary/aromatic N) is 6. The number of piperidine rings is 1. The molecule has 3 aromatic rings. The Labute approximate surface area is 157 Å². The zero-order valence-electron chi connectivity index (χ0n) is 16.1. The van der Waals surface area contributed by atoms with Gasteiger partial charge in [-0.1, -0.05) is 0 Å². The molecular weight excluding hydrogens is 344 g/mol. The van der Waals surface area contributed by atoms with E-state index in [0.29, 0.717) is 24.4 Å². The van der Waals surface area contributed by atoms with Crippen molar-refractivity contribution in [2.45, 2.75) is 32.6 Å². The van der Waals surface area contributed by atoms with Crippen molar-refractivity contribution >= 4 is 17.4 Å². The summed E-state index contributed by atoms with van der Waals surface area (Å²) in [6.45, 7) is 5.08. The summed E-state index contributed by atoms with van der Waals surface area (Å²) < 4.78 is 7.34. The SMILES string of the molecule is Cc1cc(C(=O)N2CCC(c3nnc4ccc(N(C)C)nn34)CC2)c(C)o1. The highest BCUT2D eigenvalue weighted by Gasteiger charge is 2.29. The van der Waals surface area contributed by atoms with E-state index >= 15 is 0 Å². The number of aryl methyl sites for hydroxylation is 2. The Balaban J connectivity index is 1.51. The molecule has 1 fully saturated rings. The Kier molecular flexibility index (Phi) is 4.33. The summed E-state index contributed by atoms with van der Waals surface area (Å²) >= 11 is 0. The van der Waals surface area contributed by atoms with Crippen LogP contribution < -0.4 is 4.90 Å². The van der Waals surface area contributed by atoms with Gasteiger partial charge in [0.15, 0.2) is 11.5 Å². The zero-order valence-corrected chi connectivity index (χ0v) is 16.1. The number of furan rings is 1. The Bertz CT molecular complexity index is 981. The van der Waals surface area contributed by atoms with Crippen molar-refractivity contribution in [2.24, 2.45) is 0 Å². The lowest BCUT2D eigenvalue weighted by Crippen LogP contribution is -2.38. The fourth-order valence-electron chi connectivity index (χ4n) is 3.64. The van der Waals surface area contributed by atoms with E-state index in [0.717, 1.165) is 35.9 Å². The molecule has 4 rings (SSSR count). The van der Waals surface area contributed by atoms with Crippen molar-refractivity contribution in [3.8, 4) is 0 Å². The summed E-state index contributed by atoms with van der Waals surface area (Å²) in [6.07, 6.45) is 1.69. The molecule has 0 radical (unpaired) electrons. The van der Waals surface area contributed by atoms with Crippen LogP contribution in [-0.2, 0) is 0 Å². The number of aromatic nitrogens is 4. The summed E-state index contributed by atoms with van der Waals surface area (Å²) in [5, 5.41) is 13.3. The normalized spacial score (nSPS) is 15.5. The first-order valence-electron chi connectivity index (χ1n) is 9.20. The minimum atomic E-state index is 0.0434. The molecule has 0 N–H and O–H groups in total. The molecule has 3 aromatic heterocycles. The molecule has 0 aliphatic carbocycles. The highest BCUT2D eigenvalue weighted by Crippen LogP contribution is 2.28. The monoisotopic (exact) mass is 368 g/mol. The van der Waals surface area contributed by atoms with Gasteiger partial charge in [-0.05, 0) is 44.9 Å². The smallest absolute Gasteiger partial charge is 0.257 e. The molecule has 0 saturated carbocycles. The fourth-order valence-corrected chi connectivity index (χ4v) is 3.64. The van der Waals surface area contributed by atoms with E-state index in [4.69, 9.17) is 4.42 Å². The maximum atomic E-state index is 12.8. The van der Waals surface area contributed by atoms with Crippen molar-refractivity contribution < 1.29 is 9.21 Å². The number of hydrogen-bond donors (Lipinski definition) is 0. The highest BCUT2D eigenvalue weighted by molar-refractivity contribution is 5.95. The van der Waals surface area contributed by atoms with Gasteiger partial charge in [0.25, 0.3) is 5.91 Å². The third-order valence-electron chi connectivity index (χ3n) is 5.15. The van der Waals surface area contributed by atoms with Gasteiger partial charge in [-0.15, -0.1) is 15.3 Å². The van der Waals surface area contributed by atoms with Crippen LogP contribution in [0.3, 0.4) is 0 Å². The van der Waals surface area contributed by atoms with Gasteiger partial charge in [0.05, 0.1) is 5.56 Å². The number of hydrogen-bond acceptors (Lipinski definition) is 6. The Hall–Kier alpha value is -2.90. The number of carbonyl (C=O) groups is 1. The van der Waals surface area contributed by atoms with Crippen molar-refractivity contribution in [2.75, 3.05) is 32.1 Å². The van der Waals surface area contributed by atoms with Gasteiger partial charge in [-0.2, -0.15) is 4.52 Å². The highest BCUT2D eigenvalue weighted by atomic mass is 16.3. The van der Waals surface area contributed by atoms with Gasteiger partial charge < -0.3 is 14.2 Å². The number of amides is 1. The number of carbonyl (C=O) groups excluding carboxylic acids is 1. The van der Waals surface area contributed by atoms with E-state index in [2.05, 4.69) is 15.3 Å². The zero-order chi connectivity index (χ0) is 19.1. The average molecular weight is 368 g/mol. The summed E-state index contributed by atoms with van der Waals surface area (Å²) in [7, 11) is 3.92. The average Bonchev–Trinajstić information content (AvgIpc) is 3.23. The first kappa shape index (κ1) is 17.5. The van der Waals surface area contributed by atoms with Gasteiger partial charge in [-0.3, -0.25) is 4.79 Å². The lowest BCUT2D eigenvalue weighted by atomic mass is 9.95. The number of fused-ring (bicyclic) bond motifs is 1. The van der Waals surface area contributed by atoms with Gasteiger partial charge >= 0.3 is 0 Å². The minimum absolute atomic E-state index is 0.0434. The van der Waals surface area contributed by atoms with E-state index in [9.17, 15) is 4.79 Å². The molecule has 0 unspecified atom stereocenters. The minimum Gasteiger partial charge on any atom is -0.466 e. The number of anilines is 1. The summed E-state index contributed by atoms with van der Waals surface area (Å²) in [5.41, 5.74) is 1.41. The van der Waals surface area contributed by atoms with Crippen LogP contribution >= 0.6 is 0 Å². The molecule has 1 aliphatic heterocycles.